The summed E-state index contributed by atoms with van der Waals surface area (Å²) < 4.78 is 11.4. The Hall–Kier alpha value is -2.59. The van der Waals surface area contributed by atoms with Crippen LogP contribution in [0.3, 0.4) is 0 Å². The number of fused-ring (bicyclic) bond motifs is 1. The number of benzene rings is 1. The fraction of sp³-hybridized carbons (Fsp3) is 0.600. The molecule has 1 aromatic carbocycles. The van der Waals surface area contributed by atoms with Gasteiger partial charge in [-0.05, 0) is 76.2 Å². The molecule has 3 atom stereocenters. The molecule has 35 heavy (non-hydrogen) atoms. The van der Waals surface area contributed by atoms with Crippen molar-refractivity contribution in [2.75, 3.05) is 25.5 Å². The van der Waals surface area contributed by atoms with E-state index in [1.54, 1.807) is 6.07 Å². The fourth-order valence-electron chi connectivity index (χ4n) is 5.33. The predicted molar refractivity (Wildman–Crippen MR) is 133 cm³/mol. The van der Waals surface area contributed by atoms with Gasteiger partial charge in [0.1, 0.15) is 16.6 Å². The maximum absolute atomic E-state index is 13.8. The summed E-state index contributed by atoms with van der Waals surface area (Å²) in [6, 6.07) is 3.62. The van der Waals surface area contributed by atoms with Crippen molar-refractivity contribution in [3.05, 3.63) is 23.3 Å². The number of amides is 3. The molecule has 2 saturated heterocycles. The number of carbonyl (C=O) groups is 4. The number of imide groups is 1. The van der Waals surface area contributed by atoms with Crippen molar-refractivity contribution in [3.63, 3.8) is 0 Å². The van der Waals surface area contributed by atoms with Crippen molar-refractivity contribution in [1.29, 1.82) is 0 Å². The van der Waals surface area contributed by atoms with Gasteiger partial charge < -0.3 is 20.1 Å². The molecule has 1 aromatic rings. The molecule has 0 saturated carbocycles. The van der Waals surface area contributed by atoms with Crippen molar-refractivity contribution in [1.82, 2.24) is 10.6 Å². The van der Waals surface area contributed by atoms with Crippen molar-refractivity contribution in [2.24, 2.45) is 11.8 Å². The zero-order chi connectivity index (χ0) is 25.3. The van der Waals surface area contributed by atoms with Gasteiger partial charge in [-0.3, -0.25) is 24.5 Å². The molecule has 3 unspecified atom stereocenters. The highest BCUT2D eigenvalue weighted by Gasteiger charge is 2.49. The van der Waals surface area contributed by atoms with Gasteiger partial charge in [0.15, 0.2) is 0 Å². The van der Waals surface area contributed by atoms with Crippen LogP contribution in [-0.4, -0.2) is 54.1 Å². The molecule has 4 rings (SSSR count). The zero-order valence-electron chi connectivity index (χ0n) is 20.6. The molecule has 2 fully saturated rings. The van der Waals surface area contributed by atoms with Gasteiger partial charge in [0.05, 0.1) is 18.7 Å². The maximum atomic E-state index is 13.8. The molecule has 9 nitrogen and oxygen atoms in total. The number of hydrogen-bond donors (Lipinski definition) is 3. The highest BCUT2D eigenvalue weighted by Crippen LogP contribution is 2.48. The molecule has 3 aliphatic heterocycles. The Kier molecular flexibility index (Phi) is 7.42. The summed E-state index contributed by atoms with van der Waals surface area (Å²) in [6.45, 7) is 6.99. The molecule has 0 radical (unpaired) electrons. The number of methoxy groups -OCH3 is 1. The Balaban J connectivity index is 1.88. The molecular weight excluding hydrogens is 470 g/mol. The number of piperidine rings is 1. The Morgan fingerprint density at radius 1 is 1.09 bits per heavy atom. The summed E-state index contributed by atoms with van der Waals surface area (Å²) in [4.78, 5) is 51.3. The summed E-state index contributed by atoms with van der Waals surface area (Å²) >= 11 is 0.924. The van der Waals surface area contributed by atoms with Gasteiger partial charge in [-0.1, -0.05) is 17.8 Å². The largest absolute Gasteiger partial charge is 0.495 e. The van der Waals surface area contributed by atoms with Crippen molar-refractivity contribution in [2.45, 2.75) is 63.2 Å². The van der Waals surface area contributed by atoms with E-state index in [0.29, 0.717) is 17.9 Å². The number of nitrogens with one attached hydrogen (secondary N) is 3. The van der Waals surface area contributed by atoms with Gasteiger partial charge in [-0.15, -0.1) is 0 Å². The Labute approximate surface area is 209 Å². The number of hydrogen-bond acceptors (Lipinski definition) is 8. The summed E-state index contributed by atoms with van der Waals surface area (Å²) in [5.74, 6) is -1.65. The minimum Gasteiger partial charge on any atom is -0.495 e. The summed E-state index contributed by atoms with van der Waals surface area (Å²) in [7, 11) is 1.53. The Bertz CT molecular complexity index is 1030. The van der Waals surface area contributed by atoms with E-state index in [9.17, 15) is 19.2 Å². The maximum Gasteiger partial charge on any atom is 0.310 e. The molecule has 0 aliphatic carbocycles. The third kappa shape index (κ3) is 5.48. The smallest absolute Gasteiger partial charge is 0.310 e. The molecule has 3 aliphatic rings. The van der Waals surface area contributed by atoms with Gasteiger partial charge in [0.25, 0.3) is 5.24 Å². The molecule has 10 heteroatoms. The lowest BCUT2D eigenvalue weighted by Gasteiger charge is -2.39. The fourth-order valence-corrected chi connectivity index (χ4v) is 6.35. The second-order valence-electron chi connectivity index (χ2n) is 10.2. The topological polar surface area (TPSA) is 123 Å². The number of rotatable bonds is 6. The van der Waals surface area contributed by atoms with Gasteiger partial charge in [0.2, 0.25) is 11.8 Å². The van der Waals surface area contributed by atoms with E-state index in [2.05, 4.69) is 16.0 Å². The molecule has 0 spiro atoms. The first kappa shape index (κ1) is 25.5. The minimum absolute atomic E-state index is 0.0314. The van der Waals surface area contributed by atoms with E-state index >= 15 is 0 Å². The Morgan fingerprint density at radius 3 is 2.40 bits per heavy atom. The first-order chi connectivity index (χ1) is 16.6. The van der Waals surface area contributed by atoms with Gasteiger partial charge >= 0.3 is 5.97 Å². The van der Waals surface area contributed by atoms with Crippen molar-refractivity contribution in [3.8, 4) is 5.75 Å². The Morgan fingerprint density at radius 2 is 1.80 bits per heavy atom. The van der Waals surface area contributed by atoms with E-state index in [-0.39, 0.29) is 24.2 Å². The van der Waals surface area contributed by atoms with Crippen LogP contribution < -0.4 is 20.7 Å². The summed E-state index contributed by atoms with van der Waals surface area (Å²) in [6.07, 6.45) is 2.24. The molecular formula is C25H33N3O6S. The first-order valence-electron chi connectivity index (χ1n) is 12.0. The molecule has 190 valence electrons. The lowest BCUT2D eigenvalue weighted by atomic mass is 9.70. The average molecular weight is 504 g/mol. The zero-order valence-corrected chi connectivity index (χ0v) is 21.4. The van der Waals surface area contributed by atoms with Gasteiger partial charge in [0, 0.05) is 12.3 Å². The monoisotopic (exact) mass is 503 g/mol. The van der Waals surface area contributed by atoms with Crippen LogP contribution in [0.5, 0.6) is 5.75 Å². The third-order valence-corrected chi connectivity index (χ3v) is 7.84. The van der Waals surface area contributed by atoms with Crippen LogP contribution in [0.4, 0.5) is 10.5 Å². The SMILES string of the molecule is COc1ccc(C(C2SC(=O)NC2=O)C(C(=O)OC(C)(C)C)C2CCNCC2)c2c1NC(=O)CC2. The van der Waals surface area contributed by atoms with Crippen molar-refractivity contribution < 1.29 is 28.7 Å². The number of carbonyl (C=O) groups excluding carboxylic acids is 4. The van der Waals surface area contributed by atoms with Crippen LogP contribution in [0.15, 0.2) is 12.1 Å². The van der Waals surface area contributed by atoms with Crippen molar-refractivity contribution >= 4 is 40.5 Å². The third-order valence-electron chi connectivity index (χ3n) is 6.76. The first-order valence-corrected chi connectivity index (χ1v) is 12.9. The lowest BCUT2D eigenvalue weighted by molar-refractivity contribution is -0.163. The van der Waals surface area contributed by atoms with Gasteiger partial charge in [-0.2, -0.15) is 0 Å². The second kappa shape index (κ2) is 10.2. The normalized spacial score (nSPS) is 22.6. The molecule has 3 N–H and O–H groups in total. The van der Waals surface area contributed by atoms with Gasteiger partial charge in [-0.25, -0.2) is 0 Å². The minimum atomic E-state index is -0.787. The summed E-state index contributed by atoms with van der Waals surface area (Å²) in [5, 5.41) is 7.43. The lowest BCUT2D eigenvalue weighted by Crippen LogP contribution is -2.44. The number of esters is 1. The van der Waals surface area contributed by atoms with Crippen LogP contribution in [0.2, 0.25) is 0 Å². The molecule has 0 bridgehead atoms. The molecule has 3 heterocycles. The second-order valence-corrected chi connectivity index (χ2v) is 11.4. The van der Waals surface area contributed by atoms with E-state index in [0.717, 1.165) is 48.8 Å². The quantitative estimate of drug-likeness (QED) is 0.507. The standard InChI is InChI=1S/C25H33N3O6S/c1-25(2,3)34-23(31)18(13-9-11-26-12-10-13)19(21-22(30)28-24(32)35-21)14-5-7-16(33-4)20-15(14)6-8-17(29)27-20/h5,7,13,18-19,21,26H,6,8-12H2,1-4H3,(H,27,29)(H,28,30,32). The van der Waals surface area contributed by atoms with Crippen LogP contribution in [-0.2, 0) is 25.5 Å². The number of thioether (sulfide) groups is 1. The van der Waals surface area contributed by atoms with E-state index in [4.69, 9.17) is 9.47 Å². The average Bonchev–Trinajstić information content (AvgIpc) is 3.13. The van der Waals surface area contributed by atoms with Crippen LogP contribution in [0, 0.1) is 11.8 Å². The van der Waals surface area contributed by atoms with Crippen LogP contribution in [0.1, 0.15) is 57.1 Å². The molecule has 3 amide bonds. The highest BCUT2D eigenvalue weighted by molar-refractivity contribution is 8.15. The number of ether oxygens (including phenoxy) is 2. The van der Waals surface area contributed by atoms with Crippen LogP contribution in [0.25, 0.3) is 0 Å². The van der Waals surface area contributed by atoms with E-state index in [1.807, 2.05) is 26.8 Å². The summed E-state index contributed by atoms with van der Waals surface area (Å²) in [5.41, 5.74) is 1.47. The number of anilines is 1. The highest BCUT2D eigenvalue weighted by atomic mass is 32.2. The van der Waals surface area contributed by atoms with E-state index in [1.165, 1.54) is 7.11 Å². The van der Waals surface area contributed by atoms with E-state index < -0.39 is 33.8 Å². The van der Waals surface area contributed by atoms with Crippen LogP contribution >= 0.6 is 11.8 Å². The molecule has 0 aromatic heterocycles. The predicted octanol–water partition coefficient (Wildman–Crippen LogP) is 2.97.